The molecule has 0 bridgehead atoms. The van der Waals surface area contributed by atoms with Gasteiger partial charge in [0.15, 0.2) is 6.29 Å². The maximum atomic E-state index is 5.72. The molecule has 0 aliphatic carbocycles. The molecule has 0 spiro atoms. The molecule has 0 aromatic rings. The fourth-order valence-corrected chi connectivity index (χ4v) is 2.85. The molecule has 1 heterocycles. The van der Waals surface area contributed by atoms with Gasteiger partial charge in [0.2, 0.25) is 0 Å². The number of hydrogen-bond acceptors (Lipinski definition) is 2. The molecule has 18 heavy (non-hydrogen) atoms. The van der Waals surface area contributed by atoms with E-state index in [0.29, 0.717) is 0 Å². The van der Waals surface area contributed by atoms with Crippen molar-refractivity contribution >= 4 is 22.6 Å². The number of halogens is 1. The van der Waals surface area contributed by atoms with Crippen molar-refractivity contribution in [3.63, 3.8) is 0 Å². The Labute approximate surface area is 126 Å². The highest BCUT2D eigenvalue weighted by Crippen LogP contribution is 2.14. The van der Waals surface area contributed by atoms with Gasteiger partial charge in [-0.2, -0.15) is 0 Å². The Balaban J connectivity index is 1.73. The summed E-state index contributed by atoms with van der Waals surface area (Å²) in [6, 6.07) is 0. The molecule has 1 unspecified atom stereocenters. The molecule has 0 saturated carbocycles. The Morgan fingerprint density at radius 3 is 2.17 bits per heavy atom. The van der Waals surface area contributed by atoms with Gasteiger partial charge in [-0.25, -0.2) is 0 Å². The van der Waals surface area contributed by atoms with E-state index in [1.54, 1.807) is 0 Å². The molecule has 1 saturated heterocycles. The molecule has 0 amide bonds. The molecule has 2 nitrogen and oxygen atoms in total. The van der Waals surface area contributed by atoms with Crippen LogP contribution in [0, 0.1) is 0 Å². The van der Waals surface area contributed by atoms with E-state index in [1.807, 2.05) is 0 Å². The molecule has 108 valence electrons. The second-order valence-electron chi connectivity index (χ2n) is 5.18. The van der Waals surface area contributed by atoms with Gasteiger partial charge in [-0.15, -0.1) is 0 Å². The summed E-state index contributed by atoms with van der Waals surface area (Å²) < 4.78 is 12.6. The van der Waals surface area contributed by atoms with Gasteiger partial charge in [0, 0.05) is 13.2 Å². The van der Waals surface area contributed by atoms with Crippen molar-refractivity contribution in [3.8, 4) is 0 Å². The zero-order valence-corrected chi connectivity index (χ0v) is 13.8. The van der Waals surface area contributed by atoms with Crippen molar-refractivity contribution in [2.45, 2.75) is 76.9 Å². The Hall–Kier alpha value is 0.650. The highest BCUT2D eigenvalue weighted by atomic mass is 127. The van der Waals surface area contributed by atoms with Crippen LogP contribution < -0.4 is 0 Å². The highest BCUT2D eigenvalue weighted by molar-refractivity contribution is 14.1. The SMILES string of the molecule is ICCCCCCCCCCOC1CCCCO1. The summed E-state index contributed by atoms with van der Waals surface area (Å²) in [5.41, 5.74) is 0. The van der Waals surface area contributed by atoms with Crippen molar-refractivity contribution in [2.24, 2.45) is 0 Å². The maximum absolute atomic E-state index is 5.72. The van der Waals surface area contributed by atoms with Crippen LogP contribution >= 0.6 is 22.6 Å². The molecule has 1 aliphatic heterocycles. The third-order valence-electron chi connectivity index (χ3n) is 3.47. The molecule has 0 radical (unpaired) electrons. The summed E-state index contributed by atoms with van der Waals surface area (Å²) in [4.78, 5) is 0. The van der Waals surface area contributed by atoms with Crippen molar-refractivity contribution in [1.82, 2.24) is 0 Å². The Kier molecular flexibility index (Phi) is 11.8. The normalized spacial score (nSPS) is 20.2. The third kappa shape index (κ3) is 9.56. The Bertz CT molecular complexity index is 170. The van der Waals surface area contributed by atoms with E-state index in [1.165, 1.54) is 68.6 Å². The molecule has 0 aromatic carbocycles. The second-order valence-corrected chi connectivity index (χ2v) is 6.26. The first-order valence-electron chi connectivity index (χ1n) is 7.72. The smallest absolute Gasteiger partial charge is 0.157 e. The fourth-order valence-electron chi connectivity index (χ4n) is 2.31. The van der Waals surface area contributed by atoms with Gasteiger partial charge in [-0.05, 0) is 36.5 Å². The Morgan fingerprint density at radius 1 is 0.889 bits per heavy atom. The molecule has 0 N–H and O–H groups in total. The van der Waals surface area contributed by atoms with Crippen molar-refractivity contribution in [2.75, 3.05) is 17.6 Å². The van der Waals surface area contributed by atoms with E-state index in [4.69, 9.17) is 9.47 Å². The van der Waals surface area contributed by atoms with E-state index in [0.717, 1.165) is 19.6 Å². The van der Waals surface area contributed by atoms with E-state index in [2.05, 4.69) is 22.6 Å². The van der Waals surface area contributed by atoms with Gasteiger partial charge in [0.25, 0.3) is 0 Å². The first kappa shape index (κ1) is 16.7. The highest BCUT2D eigenvalue weighted by Gasteiger charge is 2.13. The second kappa shape index (κ2) is 12.7. The van der Waals surface area contributed by atoms with Crippen molar-refractivity contribution in [1.29, 1.82) is 0 Å². The molecule has 3 heteroatoms. The van der Waals surface area contributed by atoms with Crippen LogP contribution in [0.3, 0.4) is 0 Å². The lowest BCUT2D eigenvalue weighted by molar-refractivity contribution is -0.162. The van der Waals surface area contributed by atoms with Gasteiger partial charge in [0.1, 0.15) is 0 Å². The van der Waals surface area contributed by atoms with Gasteiger partial charge >= 0.3 is 0 Å². The van der Waals surface area contributed by atoms with E-state index >= 15 is 0 Å². The van der Waals surface area contributed by atoms with Gasteiger partial charge in [-0.3, -0.25) is 0 Å². The Morgan fingerprint density at radius 2 is 1.56 bits per heavy atom. The summed E-state index contributed by atoms with van der Waals surface area (Å²) in [6.45, 7) is 1.78. The minimum absolute atomic E-state index is 0.104. The largest absolute Gasteiger partial charge is 0.353 e. The van der Waals surface area contributed by atoms with Crippen LogP contribution in [0.15, 0.2) is 0 Å². The third-order valence-corrected chi connectivity index (χ3v) is 4.23. The topological polar surface area (TPSA) is 18.5 Å². The van der Waals surface area contributed by atoms with Crippen molar-refractivity contribution < 1.29 is 9.47 Å². The van der Waals surface area contributed by atoms with E-state index in [-0.39, 0.29) is 6.29 Å². The van der Waals surface area contributed by atoms with E-state index in [9.17, 15) is 0 Å². The average Bonchev–Trinajstić information content (AvgIpc) is 2.42. The van der Waals surface area contributed by atoms with Gasteiger partial charge in [-0.1, -0.05) is 61.1 Å². The standard InChI is InChI=1S/C15H29IO2/c16-12-8-5-3-1-2-4-6-9-13-17-15-11-7-10-14-18-15/h15H,1-14H2. The summed E-state index contributed by atoms with van der Waals surface area (Å²) in [7, 11) is 0. The summed E-state index contributed by atoms with van der Waals surface area (Å²) in [5, 5.41) is 0. The molecular formula is C15H29IO2. The molecule has 1 rings (SSSR count). The number of ether oxygens (including phenoxy) is 2. The number of unbranched alkanes of at least 4 members (excludes halogenated alkanes) is 7. The number of rotatable bonds is 11. The lowest BCUT2D eigenvalue weighted by atomic mass is 10.1. The summed E-state index contributed by atoms with van der Waals surface area (Å²) in [5.74, 6) is 0. The van der Waals surface area contributed by atoms with E-state index < -0.39 is 0 Å². The van der Waals surface area contributed by atoms with Crippen LogP contribution in [-0.4, -0.2) is 23.9 Å². The molecule has 1 atom stereocenters. The van der Waals surface area contributed by atoms with Gasteiger partial charge in [0.05, 0.1) is 0 Å². The lowest BCUT2D eigenvalue weighted by Crippen LogP contribution is -2.22. The minimum Gasteiger partial charge on any atom is -0.353 e. The zero-order chi connectivity index (χ0) is 12.9. The molecule has 1 aliphatic rings. The molecular weight excluding hydrogens is 339 g/mol. The first-order chi connectivity index (χ1) is 8.93. The maximum Gasteiger partial charge on any atom is 0.157 e. The van der Waals surface area contributed by atoms with Crippen LogP contribution in [0.25, 0.3) is 0 Å². The van der Waals surface area contributed by atoms with Crippen LogP contribution in [0.4, 0.5) is 0 Å². The van der Waals surface area contributed by atoms with Gasteiger partial charge < -0.3 is 9.47 Å². The zero-order valence-electron chi connectivity index (χ0n) is 11.7. The summed E-state index contributed by atoms with van der Waals surface area (Å²) >= 11 is 2.47. The average molecular weight is 368 g/mol. The van der Waals surface area contributed by atoms with Crippen LogP contribution in [0.2, 0.25) is 0 Å². The minimum atomic E-state index is 0.104. The fraction of sp³-hybridized carbons (Fsp3) is 1.00. The van der Waals surface area contributed by atoms with Crippen LogP contribution in [0.1, 0.15) is 70.6 Å². The number of alkyl halides is 1. The van der Waals surface area contributed by atoms with Crippen LogP contribution in [0.5, 0.6) is 0 Å². The molecule has 0 aromatic heterocycles. The quantitative estimate of drug-likeness (QED) is 0.287. The first-order valence-corrected chi connectivity index (χ1v) is 9.25. The van der Waals surface area contributed by atoms with Crippen LogP contribution in [-0.2, 0) is 9.47 Å². The monoisotopic (exact) mass is 368 g/mol. The molecule has 1 fully saturated rings. The lowest BCUT2D eigenvalue weighted by Gasteiger charge is -2.22. The predicted octanol–water partition coefficient (Wildman–Crippen LogP) is 5.09. The number of hydrogen-bond donors (Lipinski definition) is 0. The van der Waals surface area contributed by atoms with Crippen molar-refractivity contribution in [3.05, 3.63) is 0 Å². The summed E-state index contributed by atoms with van der Waals surface area (Å²) in [6.07, 6.45) is 14.6. The predicted molar refractivity (Wildman–Crippen MR) is 85.4 cm³/mol.